The Balaban J connectivity index is 1.66. The van der Waals surface area contributed by atoms with Gasteiger partial charge in [-0.3, -0.25) is 0 Å². The second-order valence-electron chi connectivity index (χ2n) is 5.18. The van der Waals surface area contributed by atoms with Crippen molar-refractivity contribution in [2.75, 3.05) is 6.54 Å². The Morgan fingerprint density at radius 1 is 1.22 bits per heavy atom. The molecule has 0 atom stereocenters. The lowest BCUT2D eigenvalue weighted by Gasteiger charge is -2.06. The molecule has 2 aromatic rings. The summed E-state index contributed by atoms with van der Waals surface area (Å²) in [6, 6.07) is 14.2. The minimum absolute atomic E-state index is 0.234. The number of aryl methyl sites for hydroxylation is 1. The number of amides is 1. The summed E-state index contributed by atoms with van der Waals surface area (Å²) in [6.07, 6.45) is 4.11. The average Bonchev–Trinajstić information content (AvgIpc) is 2.55. The largest absolute Gasteiger partial charge is 0.445 e. The summed E-state index contributed by atoms with van der Waals surface area (Å²) in [4.78, 5) is 11.5. The molecule has 0 aromatic heterocycles. The van der Waals surface area contributed by atoms with Crippen LogP contribution in [0.5, 0.6) is 0 Å². The molecule has 2 aromatic carbocycles. The maximum absolute atomic E-state index is 13.0. The van der Waals surface area contributed by atoms with E-state index in [1.807, 2.05) is 49.4 Å². The molecule has 0 radical (unpaired) electrons. The van der Waals surface area contributed by atoms with Gasteiger partial charge in [0.25, 0.3) is 0 Å². The lowest BCUT2D eigenvalue weighted by molar-refractivity contribution is 0.140. The number of ether oxygens (including phenoxy) is 1. The lowest BCUT2D eigenvalue weighted by atomic mass is 10.1. The van der Waals surface area contributed by atoms with E-state index in [4.69, 9.17) is 4.74 Å². The third-order valence-corrected chi connectivity index (χ3v) is 3.32. The second kappa shape index (κ2) is 8.73. The third-order valence-electron chi connectivity index (χ3n) is 3.32. The van der Waals surface area contributed by atoms with E-state index in [1.54, 1.807) is 6.07 Å². The number of rotatable bonds is 6. The van der Waals surface area contributed by atoms with E-state index in [9.17, 15) is 9.18 Å². The van der Waals surface area contributed by atoms with Crippen LogP contribution in [0, 0.1) is 12.7 Å². The molecule has 0 aliphatic carbocycles. The van der Waals surface area contributed by atoms with Gasteiger partial charge in [0.1, 0.15) is 12.4 Å². The van der Waals surface area contributed by atoms with Crippen LogP contribution in [-0.2, 0) is 11.3 Å². The van der Waals surface area contributed by atoms with Gasteiger partial charge in [0.05, 0.1) is 0 Å². The highest BCUT2D eigenvalue weighted by Gasteiger charge is 2.01. The number of alkyl carbamates (subject to hydrolysis) is 1. The van der Waals surface area contributed by atoms with Crippen LogP contribution in [0.25, 0.3) is 6.08 Å². The zero-order valence-electron chi connectivity index (χ0n) is 13.1. The Morgan fingerprint density at radius 2 is 2.00 bits per heavy atom. The number of benzene rings is 2. The molecule has 0 aliphatic heterocycles. The predicted octanol–water partition coefficient (Wildman–Crippen LogP) is 4.46. The fraction of sp³-hybridized carbons (Fsp3) is 0.211. The van der Waals surface area contributed by atoms with Crippen molar-refractivity contribution in [3.63, 3.8) is 0 Å². The summed E-state index contributed by atoms with van der Waals surface area (Å²) in [5.41, 5.74) is 2.81. The molecular formula is C19H20FNO2. The van der Waals surface area contributed by atoms with Crippen LogP contribution in [0.2, 0.25) is 0 Å². The van der Waals surface area contributed by atoms with Gasteiger partial charge in [-0.05, 0) is 42.2 Å². The second-order valence-corrected chi connectivity index (χ2v) is 5.18. The first-order valence-electron chi connectivity index (χ1n) is 7.52. The third kappa shape index (κ3) is 5.94. The van der Waals surface area contributed by atoms with Crippen molar-refractivity contribution in [3.8, 4) is 0 Å². The maximum Gasteiger partial charge on any atom is 0.407 e. The Morgan fingerprint density at radius 3 is 2.74 bits per heavy atom. The molecule has 1 amide bonds. The summed E-state index contributed by atoms with van der Waals surface area (Å²) in [6.45, 7) is 2.61. The van der Waals surface area contributed by atoms with Crippen molar-refractivity contribution in [2.45, 2.75) is 20.0 Å². The van der Waals surface area contributed by atoms with E-state index in [-0.39, 0.29) is 12.4 Å². The molecule has 23 heavy (non-hydrogen) atoms. The number of hydrogen-bond donors (Lipinski definition) is 1. The van der Waals surface area contributed by atoms with E-state index in [0.717, 1.165) is 16.7 Å². The Bertz CT molecular complexity index is 668. The minimum atomic E-state index is -0.430. The SMILES string of the molecule is Cc1cc(F)ccc1C=CCCNC(=O)OCc1ccccc1. The van der Waals surface area contributed by atoms with Crippen LogP contribution < -0.4 is 5.32 Å². The first-order valence-corrected chi connectivity index (χ1v) is 7.52. The van der Waals surface area contributed by atoms with E-state index in [0.29, 0.717) is 13.0 Å². The molecule has 120 valence electrons. The quantitative estimate of drug-likeness (QED) is 0.799. The Labute approximate surface area is 135 Å². The van der Waals surface area contributed by atoms with Crippen molar-refractivity contribution >= 4 is 12.2 Å². The smallest absolute Gasteiger partial charge is 0.407 e. The number of nitrogens with one attached hydrogen (secondary N) is 1. The molecule has 0 fully saturated rings. The van der Waals surface area contributed by atoms with Gasteiger partial charge in [0.2, 0.25) is 0 Å². The number of carbonyl (C=O) groups is 1. The predicted molar refractivity (Wildman–Crippen MR) is 89.4 cm³/mol. The molecule has 0 unspecified atom stereocenters. The van der Waals surface area contributed by atoms with Crippen molar-refractivity contribution in [2.24, 2.45) is 0 Å². The summed E-state index contributed by atoms with van der Waals surface area (Å²) in [7, 11) is 0. The Hall–Kier alpha value is -2.62. The van der Waals surface area contributed by atoms with Gasteiger partial charge in [-0.25, -0.2) is 9.18 Å². The van der Waals surface area contributed by atoms with Gasteiger partial charge >= 0.3 is 6.09 Å². The van der Waals surface area contributed by atoms with Gasteiger partial charge in [-0.2, -0.15) is 0 Å². The highest BCUT2D eigenvalue weighted by molar-refractivity contribution is 5.67. The topological polar surface area (TPSA) is 38.3 Å². The highest BCUT2D eigenvalue weighted by atomic mass is 19.1. The summed E-state index contributed by atoms with van der Waals surface area (Å²) in [5.74, 6) is -0.234. The highest BCUT2D eigenvalue weighted by Crippen LogP contribution is 2.11. The van der Waals surface area contributed by atoms with Crippen LogP contribution >= 0.6 is 0 Å². The van der Waals surface area contributed by atoms with Crippen molar-refractivity contribution in [3.05, 3.63) is 77.1 Å². The molecule has 3 nitrogen and oxygen atoms in total. The van der Waals surface area contributed by atoms with Crippen LogP contribution in [0.3, 0.4) is 0 Å². The lowest BCUT2D eigenvalue weighted by Crippen LogP contribution is -2.24. The molecule has 1 N–H and O–H groups in total. The van der Waals surface area contributed by atoms with E-state index < -0.39 is 6.09 Å². The number of carbonyl (C=O) groups excluding carboxylic acids is 1. The van der Waals surface area contributed by atoms with Gasteiger partial charge in [-0.15, -0.1) is 0 Å². The normalized spacial score (nSPS) is 10.7. The summed E-state index contributed by atoms with van der Waals surface area (Å²) in [5, 5.41) is 2.69. The minimum Gasteiger partial charge on any atom is -0.445 e. The fourth-order valence-corrected chi connectivity index (χ4v) is 2.07. The van der Waals surface area contributed by atoms with Gasteiger partial charge in [0, 0.05) is 6.54 Å². The van der Waals surface area contributed by atoms with E-state index >= 15 is 0 Å². The van der Waals surface area contributed by atoms with Gasteiger partial charge < -0.3 is 10.1 Å². The van der Waals surface area contributed by atoms with Crippen molar-refractivity contribution in [1.29, 1.82) is 0 Å². The zero-order valence-corrected chi connectivity index (χ0v) is 13.1. The Kier molecular flexibility index (Phi) is 6.36. The van der Waals surface area contributed by atoms with Crippen LogP contribution in [-0.4, -0.2) is 12.6 Å². The average molecular weight is 313 g/mol. The molecule has 0 saturated heterocycles. The van der Waals surface area contributed by atoms with E-state index in [1.165, 1.54) is 12.1 Å². The summed E-state index contributed by atoms with van der Waals surface area (Å²) < 4.78 is 18.1. The molecule has 0 bridgehead atoms. The fourth-order valence-electron chi connectivity index (χ4n) is 2.07. The molecule has 2 rings (SSSR count). The standard InChI is InChI=1S/C19H20FNO2/c1-15-13-18(20)11-10-17(15)9-5-6-12-21-19(22)23-14-16-7-3-2-4-8-16/h2-5,7-11,13H,6,12,14H2,1H3,(H,21,22). The summed E-state index contributed by atoms with van der Waals surface area (Å²) >= 11 is 0. The number of hydrogen-bond acceptors (Lipinski definition) is 2. The van der Waals surface area contributed by atoms with Crippen LogP contribution in [0.4, 0.5) is 9.18 Å². The first kappa shape index (κ1) is 16.7. The monoisotopic (exact) mass is 313 g/mol. The van der Waals surface area contributed by atoms with E-state index in [2.05, 4.69) is 5.32 Å². The molecule has 0 heterocycles. The first-order chi connectivity index (χ1) is 11.1. The van der Waals surface area contributed by atoms with Crippen molar-refractivity contribution in [1.82, 2.24) is 5.32 Å². The van der Waals surface area contributed by atoms with Crippen LogP contribution in [0.1, 0.15) is 23.1 Å². The molecule has 0 aliphatic rings. The molecule has 4 heteroatoms. The molecular weight excluding hydrogens is 293 g/mol. The van der Waals surface area contributed by atoms with Gasteiger partial charge in [0.15, 0.2) is 0 Å². The molecule has 0 spiro atoms. The zero-order chi connectivity index (χ0) is 16.5. The van der Waals surface area contributed by atoms with Crippen molar-refractivity contribution < 1.29 is 13.9 Å². The van der Waals surface area contributed by atoms with Gasteiger partial charge in [-0.1, -0.05) is 48.6 Å². The molecule has 0 saturated carbocycles. The number of halogens is 1. The maximum atomic E-state index is 13.0. The van der Waals surface area contributed by atoms with Crippen LogP contribution in [0.15, 0.2) is 54.6 Å².